The Morgan fingerprint density at radius 1 is 1.14 bits per heavy atom. The fourth-order valence-electron chi connectivity index (χ4n) is 0.937. The normalized spacial score (nSPS) is 11.9. The third-order valence-corrected chi connectivity index (χ3v) is 2.33. The maximum atomic E-state index is 10.7. The molecule has 0 atom stereocenters. The Balaban J connectivity index is 3.07. The Labute approximate surface area is 86.3 Å². The Hall–Kier alpha value is -0.170. The lowest BCUT2D eigenvalue weighted by Gasteiger charge is -2.04. The quantitative estimate of drug-likeness (QED) is 0.521. The number of hydrogen-bond donors (Lipinski definition) is 2. The predicted octanol–water partition coefficient (Wildman–Crippen LogP) is -0.448. The van der Waals surface area contributed by atoms with E-state index in [9.17, 15) is 8.42 Å². The van der Waals surface area contributed by atoms with Gasteiger partial charge < -0.3 is 10.1 Å². The average Bonchev–Trinajstić information content (AvgIpc) is 2.08. The van der Waals surface area contributed by atoms with Gasteiger partial charge in [-0.2, -0.15) is 0 Å². The van der Waals surface area contributed by atoms with Gasteiger partial charge in [-0.05, 0) is 25.9 Å². The van der Waals surface area contributed by atoms with Crippen LogP contribution in [-0.2, 0) is 14.8 Å². The number of methoxy groups -OCH3 is 1. The van der Waals surface area contributed by atoms with E-state index in [1.165, 1.54) is 6.26 Å². The number of hydrogen-bond acceptors (Lipinski definition) is 4. The van der Waals surface area contributed by atoms with E-state index >= 15 is 0 Å². The van der Waals surface area contributed by atoms with Crippen LogP contribution in [0.25, 0.3) is 0 Å². The van der Waals surface area contributed by atoms with Crippen LogP contribution in [0.1, 0.15) is 12.8 Å². The highest BCUT2D eigenvalue weighted by Crippen LogP contribution is 1.80. The van der Waals surface area contributed by atoms with Gasteiger partial charge in [-0.25, -0.2) is 13.1 Å². The van der Waals surface area contributed by atoms with Crippen molar-refractivity contribution in [3.05, 3.63) is 0 Å². The van der Waals surface area contributed by atoms with Crippen LogP contribution in [0.15, 0.2) is 0 Å². The van der Waals surface area contributed by atoms with Gasteiger partial charge >= 0.3 is 0 Å². The highest BCUT2D eigenvalue weighted by atomic mass is 32.2. The molecule has 2 N–H and O–H groups in total. The van der Waals surface area contributed by atoms with Gasteiger partial charge in [0.15, 0.2) is 0 Å². The Morgan fingerprint density at radius 3 is 2.36 bits per heavy atom. The molecule has 6 heteroatoms. The molecule has 0 aliphatic heterocycles. The molecule has 0 rings (SSSR count). The van der Waals surface area contributed by atoms with Gasteiger partial charge in [-0.3, -0.25) is 0 Å². The topological polar surface area (TPSA) is 67.4 Å². The smallest absolute Gasteiger partial charge is 0.208 e. The van der Waals surface area contributed by atoms with E-state index in [4.69, 9.17) is 4.74 Å². The minimum atomic E-state index is -3.02. The molecule has 0 bridgehead atoms. The third kappa shape index (κ3) is 11.8. The van der Waals surface area contributed by atoms with E-state index in [1.807, 2.05) is 0 Å². The van der Waals surface area contributed by atoms with Crippen LogP contribution in [0.4, 0.5) is 0 Å². The average molecular weight is 224 g/mol. The summed E-state index contributed by atoms with van der Waals surface area (Å²) in [5, 5.41) is 3.19. The van der Waals surface area contributed by atoms with Gasteiger partial charge in [-0.15, -0.1) is 0 Å². The highest BCUT2D eigenvalue weighted by Gasteiger charge is 1.97. The molecule has 14 heavy (non-hydrogen) atoms. The molecule has 0 heterocycles. The van der Waals surface area contributed by atoms with Crippen molar-refractivity contribution in [2.24, 2.45) is 0 Å². The molecule has 0 unspecified atom stereocenters. The van der Waals surface area contributed by atoms with E-state index < -0.39 is 10.0 Å². The first kappa shape index (κ1) is 13.8. The van der Waals surface area contributed by atoms with Gasteiger partial charge in [0, 0.05) is 20.3 Å². The second kappa shape index (κ2) is 8.16. The molecule has 0 spiro atoms. The lowest BCUT2D eigenvalue weighted by atomic mass is 10.4. The van der Waals surface area contributed by atoms with Crippen LogP contribution in [0, 0.1) is 0 Å². The van der Waals surface area contributed by atoms with Crippen molar-refractivity contribution in [2.75, 3.05) is 39.6 Å². The van der Waals surface area contributed by atoms with Gasteiger partial charge in [0.1, 0.15) is 0 Å². The van der Waals surface area contributed by atoms with Gasteiger partial charge in [0.25, 0.3) is 0 Å². The summed E-state index contributed by atoms with van der Waals surface area (Å²) in [6, 6.07) is 0. The summed E-state index contributed by atoms with van der Waals surface area (Å²) in [6.45, 7) is 2.99. The zero-order valence-electron chi connectivity index (χ0n) is 8.88. The molecule has 0 aliphatic rings. The van der Waals surface area contributed by atoms with Gasteiger partial charge in [-0.1, -0.05) is 0 Å². The number of nitrogens with one attached hydrogen (secondary N) is 2. The summed E-state index contributed by atoms with van der Waals surface area (Å²) in [4.78, 5) is 0. The Bertz CT molecular complexity index is 217. The second-order valence-corrected chi connectivity index (χ2v) is 4.95. The summed E-state index contributed by atoms with van der Waals surface area (Å²) < 4.78 is 28.6. The van der Waals surface area contributed by atoms with Crippen LogP contribution in [0.5, 0.6) is 0 Å². The molecule has 0 amide bonds. The highest BCUT2D eigenvalue weighted by molar-refractivity contribution is 7.88. The van der Waals surface area contributed by atoms with Crippen molar-refractivity contribution in [1.82, 2.24) is 10.0 Å². The molecule has 86 valence electrons. The van der Waals surface area contributed by atoms with E-state index in [-0.39, 0.29) is 0 Å². The molecule has 0 aromatic rings. The summed E-state index contributed by atoms with van der Waals surface area (Å²) in [5.74, 6) is 0. The minimum absolute atomic E-state index is 0.496. The van der Waals surface area contributed by atoms with Crippen molar-refractivity contribution >= 4 is 10.0 Å². The van der Waals surface area contributed by atoms with Gasteiger partial charge in [0.05, 0.1) is 6.26 Å². The summed E-state index contributed by atoms with van der Waals surface area (Å²) >= 11 is 0. The number of rotatable bonds is 9. The van der Waals surface area contributed by atoms with Crippen molar-refractivity contribution < 1.29 is 13.2 Å². The van der Waals surface area contributed by atoms with Crippen LogP contribution < -0.4 is 10.0 Å². The largest absolute Gasteiger partial charge is 0.385 e. The maximum absolute atomic E-state index is 10.7. The van der Waals surface area contributed by atoms with Crippen LogP contribution in [0.2, 0.25) is 0 Å². The lowest BCUT2D eigenvalue weighted by molar-refractivity contribution is 0.194. The molecule has 0 saturated carbocycles. The molecule has 0 aromatic heterocycles. The summed E-state index contributed by atoms with van der Waals surface area (Å²) in [6.07, 6.45) is 2.95. The first-order valence-corrected chi connectivity index (χ1v) is 6.59. The zero-order chi connectivity index (χ0) is 10.9. The number of sulfonamides is 1. The summed E-state index contributed by atoms with van der Waals surface area (Å²) in [5.41, 5.74) is 0. The Kier molecular flexibility index (Phi) is 8.07. The molecule has 0 radical (unpaired) electrons. The predicted molar refractivity (Wildman–Crippen MR) is 56.8 cm³/mol. The fourth-order valence-corrected chi connectivity index (χ4v) is 1.45. The lowest BCUT2D eigenvalue weighted by Crippen LogP contribution is -2.26. The molecule has 0 saturated heterocycles. The van der Waals surface area contributed by atoms with Crippen molar-refractivity contribution in [1.29, 1.82) is 0 Å². The summed E-state index contributed by atoms with van der Waals surface area (Å²) in [7, 11) is -1.35. The van der Waals surface area contributed by atoms with Crippen LogP contribution in [-0.4, -0.2) is 48.0 Å². The van der Waals surface area contributed by atoms with Crippen molar-refractivity contribution in [2.45, 2.75) is 12.8 Å². The first-order valence-electron chi connectivity index (χ1n) is 4.70. The van der Waals surface area contributed by atoms with E-state index in [0.717, 1.165) is 32.5 Å². The van der Waals surface area contributed by atoms with E-state index in [1.54, 1.807) is 7.11 Å². The van der Waals surface area contributed by atoms with Gasteiger partial charge in [0.2, 0.25) is 10.0 Å². The minimum Gasteiger partial charge on any atom is -0.385 e. The maximum Gasteiger partial charge on any atom is 0.208 e. The molecule has 0 aromatic carbocycles. The third-order valence-electron chi connectivity index (χ3n) is 1.60. The van der Waals surface area contributed by atoms with Crippen LogP contribution >= 0.6 is 0 Å². The molecular formula is C8H20N2O3S. The molecule has 0 fully saturated rings. The first-order chi connectivity index (χ1) is 6.56. The molecule has 5 nitrogen and oxygen atoms in total. The van der Waals surface area contributed by atoms with E-state index in [0.29, 0.717) is 6.54 Å². The fraction of sp³-hybridized carbons (Fsp3) is 1.00. The van der Waals surface area contributed by atoms with Crippen molar-refractivity contribution in [3.63, 3.8) is 0 Å². The standard InChI is InChI=1S/C8H20N2O3S/c1-13-8-4-6-9-5-3-7-10-14(2,11)12/h9-10H,3-8H2,1-2H3. The molecule has 0 aliphatic carbocycles. The SMILES string of the molecule is COCCCNCCCNS(C)(=O)=O. The monoisotopic (exact) mass is 224 g/mol. The van der Waals surface area contributed by atoms with Crippen molar-refractivity contribution in [3.8, 4) is 0 Å². The van der Waals surface area contributed by atoms with Crippen LogP contribution in [0.3, 0.4) is 0 Å². The van der Waals surface area contributed by atoms with E-state index in [2.05, 4.69) is 10.0 Å². The Morgan fingerprint density at radius 2 is 1.79 bits per heavy atom. The number of ether oxygens (including phenoxy) is 1. The second-order valence-electron chi connectivity index (χ2n) is 3.12. The molecular weight excluding hydrogens is 204 g/mol. The zero-order valence-corrected chi connectivity index (χ0v) is 9.69.